The number of carboxylic acids is 1. The molecule has 3 nitrogen and oxygen atoms in total. The second-order valence-electron chi connectivity index (χ2n) is 2.64. The van der Waals surface area contributed by atoms with Gasteiger partial charge in [0.15, 0.2) is 0 Å². The third-order valence-corrected chi connectivity index (χ3v) is 1.65. The van der Waals surface area contributed by atoms with Crippen molar-refractivity contribution in [1.29, 1.82) is 0 Å². The van der Waals surface area contributed by atoms with Crippen LogP contribution >= 0.6 is 0 Å². The number of aliphatic carboxylic acids is 1. The molecule has 1 N–H and O–H groups in total. The Bertz CT molecular complexity index is 172. The Morgan fingerprint density at radius 1 is 1.73 bits per heavy atom. The third kappa shape index (κ3) is 3.18. The maximum absolute atomic E-state index is 10.0. The van der Waals surface area contributed by atoms with Gasteiger partial charge in [-0.15, -0.1) is 0 Å². The van der Waals surface area contributed by atoms with Crippen LogP contribution in [0.4, 0.5) is 0 Å². The summed E-state index contributed by atoms with van der Waals surface area (Å²) in [5.74, 6) is -0.899. The molecular weight excluding hydrogens is 144 g/mol. The van der Waals surface area contributed by atoms with E-state index in [9.17, 15) is 4.79 Å². The van der Waals surface area contributed by atoms with Crippen LogP contribution in [0.3, 0.4) is 0 Å². The lowest BCUT2D eigenvalue weighted by atomic mass is 10.2. The van der Waals surface area contributed by atoms with Gasteiger partial charge in [-0.1, -0.05) is 6.08 Å². The van der Waals surface area contributed by atoms with E-state index in [1.54, 1.807) is 0 Å². The number of carbonyl (C=O) groups is 1. The van der Waals surface area contributed by atoms with Gasteiger partial charge in [-0.05, 0) is 24.8 Å². The molecule has 62 valence electrons. The smallest absolute Gasteiger partial charge is 0.329 e. The van der Waals surface area contributed by atoms with Crippen molar-refractivity contribution in [3.63, 3.8) is 0 Å². The van der Waals surface area contributed by atoms with Crippen molar-refractivity contribution in [2.45, 2.75) is 19.3 Å². The Morgan fingerprint density at radius 3 is 3.09 bits per heavy atom. The minimum atomic E-state index is -0.899. The summed E-state index contributed by atoms with van der Waals surface area (Å²) >= 11 is 0. The zero-order valence-electron chi connectivity index (χ0n) is 6.38. The Balaban J connectivity index is 2.07. The number of ether oxygens (including phenoxy) is 1. The lowest BCUT2D eigenvalue weighted by Crippen LogP contribution is -2.08. The van der Waals surface area contributed by atoms with Gasteiger partial charge in [0.05, 0.1) is 6.61 Å². The summed E-state index contributed by atoms with van der Waals surface area (Å²) in [5, 5.41) is 8.24. The molecule has 3 heteroatoms. The van der Waals surface area contributed by atoms with E-state index in [0.717, 1.165) is 12.8 Å². The zero-order chi connectivity index (χ0) is 8.10. The largest absolute Gasteiger partial charge is 0.480 e. The van der Waals surface area contributed by atoms with Crippen LogP contribution in [0, 0.1) is 0 Å². The van der Waals surface area contributed by atoms with E-state index in [2.05, 4.69) is 6.08 Å². The summed E-state index contributed by atoms with van der Waals surface area (Å²) in [6, 6.07) is 0. The topological polar surface area (TPSA) is 46.5 Å². The Morgan fingerprint density at radius 2 is 2.55 bits per heavy atom. The van der Waals surface area contributed by atoms with E-state index in [1.807, 2.05) is 0 Å². The first-order valence-electron chi connectivity index (χ1n) is 3.76. The first kappa shape index (κ1) is 8.27. The summed E-state index contributed by atoms with van der Waals surface area (Å²) in [5.41, 5.74) is 1.24. The van der Waals surface area contributed by atoms with Gasteiger partial charge in [-0.25, -0.2) is 4.79 Å². The monoisotopic (exact) mass is 156 g/mol. The van der Waals surface area contributed by atoms with E-state index in [4.69, 9.17) is 9.84 Å². The van der Waals surface area contributed by atoms with Crippen molar-refractivity contribution in [1.82, 2.24) is 0 Å². The van der Waals surface area contributed by atoms with E-state index in [1.165, 1.54) is 12.0 Å². The molecule has 0 heterocycles. The van der Waals surface area contributed by atoms with Crippen LogP contribution < -0.4 is 0 Å². The SMILES string of the molecule is O=C(O)COCC1=CCCC1. The van der Waals surface area contributed by atoms with E-state index in [0.29, 0.717) is 6.61 Å². The van der Waals surface area contributed by atoms with Crippen molar-refractivity contribution in [3.8, 4) is 0 Å². The van der Waals surface area contributed by atoms with Crippen LogP contribution in [0.2, 0.25) is 0 Å². The molecule has 0 amide bonds. The van der Waals surface area contributed by atoms with Gasteiger partial charge in [0, 0.05) is 0 Å². The fraction of sp³-hybridized carbons (Fsp3) is 0.625. The van der Waals surface area contributed by atoms with Gasteiger partial charge in [0.1, 0.15) is 6.61 Å². The summed E-state index contributed by atoms with van der Waals surface area (Å²) in [7, 11) is 0. The molecule has 0 aromatic carbocycles. The second-order valence-corrected chi connectivity index (χ2v) is 2.64. The molecule has 0 bridgehead atoms. The summed E-state index contributed by atoms with van der Waals surface area (Å²) < 4.78 is 4.91. The van der Waals surface area contributed by atoms with E-state index in [-0.39, 0.29) is 6.61 Å². The van der Waals surface area contributed by atoms with Crippen molar-refractivity contribution in [3.05, 3.63) is 11.6 Å². The highest BCUT2D eigenvalue weighted by Crippen LogP contribution is 2.17. The lowest BCUT2D eigenvalue weighted by Gasteiger charge is -2.00. The molecule has 0 aliphatic heterocycles. The predicted octanol–water partition coefficient (Wildman–Crippen LogP) is 1.20. The Labute approximate surface area is 65.7 Å². The molecule has 1 rings (SSSR count). The molecule has 0 aromatic heterocycles. The zero-order valence-corrected chi connectivity index (χ0v) is 6.38. The van der Waals surface area contributed by atoms with Gasteiger partial charge < -0.3 is 9.84 Å². The minimum absolute atomic E-state index is 0.183. The van der Waals surface area contributed by atoms with Crippen molar-refractivity contribution in [2.75, 3.05) is 13.2 Å². The first-order chi connectivity index (χ1) is 5.29. The number of rotatable bonds is 4. The summed E-state index contributed by atoms with van der Waals surface area (Å²) in [6.07, 6.45) is 5.50. The molecule has 11 heavy (non-hydrogen) atoms. The normalized spacial score (nSPS) is 16.5. The summed E-state index contributed by atoms with van der Waals surface area (Å²) in [6.45, 7) is 0.309. The molecule has 0 fully saturated rings. The lowest BCUT2D eigenvalue weighted by molar-refractivity contribution is -0.141. The van der Waals surface area contributed by atoms with Crippen LogP contribution in [-0.4, -0.2) is 24.3 Å². The average molecular weight is 156 g/mol. The Hall–Kier alpha value is -0.830. The van der Waals surface area contributed by atoms with Crippen LogP contribution in [0.25, 0.3) is 0 Å². The fourth-order valence-electron chi connectivity index (χ4n) is 1.14. The van der Waals surface area contributed by atoms with Crippen LogP contribution in [0.15, 0.2) is 11.6 Å². The van der Waals surface area contributed by atoms with Crippen molar-refractivity contribution in [2.24, 2.45) is 0 Å². The fourth-order valence-corrected chi connectivity index (χ4v) is 1.14. The van der Waals surface area contributed by atoms with E-state index < -0.39 is 5.97 Å². The van der Waals surface area contributed by atoms with Gasteiger partial charge in [0.2, 0.25) is 0 Å². The number of carboxylic acid groups (broad SMARTS) is 1. The molecule has 0 saturated carbocycles. The Kier molecular flexibility index (Phi) is 3.11. The van der Waals surface area contributed by atoms with Crippen LogP contribution in [0.1, 0.15) is 19.3 Å². The molecule has 0 spiro atoms. The molecule has 0 saturated heterocycles. The highest BCUT2D eigenvalue weighted by atomic mass is 16.5. The maximum Gasteiger partial charge on any atom is 0.329 e. The average Bonchev–Trinajstić information content (AvgIpc) is 2.39. The number of hydrogen-bond donors (Lipinski definition) is 1. The van der Waals surface area contributed by atoms with Gasteiger partial charge >= 0.3 is 5.97 Å². The number of allylic oxidation sites excluding steroid dienone is 1. The second kappa shape index (κ2) is 4.13. The maximum atomic E-state index is 10.0. The molecular formula is C8H12O3. The van der Waals surface area contributed by atoms with Crippen molar-refractivity contribution < 1.29 is 14.6 Å². The van der Waals surface area contributed by atoms with Gasteiger partial charge in [0.25, 0.3) is 0 Å². The molecule has 0 atom stereocenters. The van der Waals surface area contributed by atoms with Gasteiger partial charge in [-0.2, -0.15) is 0 Å². The minimum Gasteiger partial charge on any atom is -0.480 e. The van der Waals surface area contributed by atoms with E-state index >= 15 is 0 Å². The van der Waals surface area contributed by atoms with Gasteiger partial charge in [-0.3, -0.25) is 0 Å². The third-order valence-electron chi connectivity index (χ3n) is 1.65. The quantitative estimate of drug-likeness (QED) is 0.622. The molecule has 0 radical (unpaired) electrons. The van der Waals surface area contributed by atoms with Crippen LogP contribution in [-0.2, 0) is 9.53 Å². The number of hydrogen-bond acceptors (Lipinski definition) is 2. The molecule has 0 aromatic rings. The van der Waals surface area contributed by atoms with Crippen molar-refractivity contribution >= 4 is 5.97 Å². The predicted molar refractivity (Wildman–Crippen MR) is 40.4 cm³/mol. The summed E-state index contributed by atoms with van der Waals surface area (Å²) in [4.78, 5) is 10.0. The highest BCUT2D eigenvalue weighted by Gasteiger charge is 2.04. The highest BCUT2D eigenvalue weighted by molar-refractivity contribution is 5.68. The molecule has 1 aliphatic carbocycles. The molecule has 0 unspecified atom stereocenters. The first-order valence-corrected chi connectivity index (χ1v) is 3.76. The molecule has 1 aliphatic rings. The standard InChI is InChI=1S/C8H12O3/c9-8(10)6-11-5-7-3-1-2-4-7/h3H,1-2,4-6H2,(H,9,10). The van der Waals surface area contributed by atoms with Crippen LogP contribution in [0.5, 0.6) is 0 Å².